The van der Waals surface area contributed by atoms with Gasteiger partial charge in [0, 0.05) is 30.9 Å². The van der Waals surface area contributed by atoms with Gasteiger partial charge in [0.1, 0.15) is 10.8 Å². The lowest BCUT2D eigenvalue weighted by atomic mass is 9.93. The average Bonchev–Trinajstić information content (AvgIpc) is 3.35. The standard InChI is InChI=1S/C33H43ClF3N7O4S/c1-21-24(19-38-43(21)15-7-8-22-18-31(5,6)42(20-22)29(46)48-30(2,3)4)49-41-28(45)23-9-10-25(39-27(23)34)44-16-11-26(40-44)47-17-14-32(12-13-32)33(35,36)37/h9-11,16,19,22H,7-8,12-15,17-18,20H2,1-6H3,(H,41,45). The highest BCUT2D eigenvalue weighted by Gasteiger charge is 2.62. The fourth-order valence-corrected chi connectivity index (χ4v) is 6.97. The summed E-state index contributed by atoms with van der Waals surface area (Å²) in [5, 5.41) is 8.68. The number of pyridine rings is 1. The normalized spacial score (nSPS) is 18.4. The Morgan fingerprint density at radius 1 is 1.16 bits per heavy atom. The minimum absolute atomic E-state index is 0.0397. The molecule has 0 aromatic carbocycles. The molecule has 3 aromatic heterocycles. The predicted octanol–water partition coefficient (Wildman–Crippen LogP) is 7.79. The van der Waals surface area contributed by atoms with E-state index in [1.165, 1.54) is 16.8 Å². The molecule has 1 atom stereocenters. The maximum absolute atomic E-state index is 13.1. The first-order valence-corrected chi connectivity index (χ1v) is 17.5. The minimum Gasteiger partial charge on any atom is -0.477 e. The lowest BCUT2D eigenvalue weighted by Gasteiger charge is -2.33. The Morgan fingerprint density at radius 2 is 1.90 bits per heavy atom. The van der Waals surface area contributed by atoms with E-state index in [1.54, 1.807) is 18.5 Å². The number of amides is 2. The highest BCUT2D eigenvalue weighted by atomic mass is 35.5. The van der Waals surface area contributed by atoms with E-state index in [0.29, 0.717) is 24.8 Å². The van der Waals surface area contributed by atoms with Crippen molar-refractivity contribution in [2.75, 3.05) is 13.2 Å². The van der Waals surface area contributed by atoms with Gasteiger partial charge in [-0.25, -0.2) is 14.5 Å². The number of hydrogen-bond donors (Lipinski definition) is 1. The van der Waals surface area contributed by atoms with Crippen molar-refractivity contribution in [1.82, 2.24) is 34.2 Å². The van der Waals surface area contributed by atoms with E-state index < -0.39 is 23.1 Å². The molecule has 0 bridgehead atoms. The maximum atomic E-state index is 13.1. The van der Waals surface area contributed by atoms with Crippen molar-refractivity contribution >= 4 is 35.5 Å². The number of hydrogen-bond acceptors (Lipinski definition) is 8. The molecular formula is C33H43ClF3N7O4S. The van der Waals surface area contributed by atoms with Crippen LogP contribution in [0.4, 0.5) is 18.0 Å². The molecule has 1 aliphatic heterocycles. The highest BCUT2D eigenvalue weighted by Crippen LogP contribution is 2.59. The van der Waals surface area contributed by atoms with Crippen LogP contribution >= 0.6 is 23.5 Å². The quantitative estimate of drug-likeness (QED) is 0.149. The number of likely N-dealkylation sites (tertiary alicyclic amines) is 1. The van der Waals surface area contributed by atoms with E-state index >= 15 is 0 Å². The van der Waals surface area contributed by atoms with E-state index in [9.17, 15) is 22.8 Å². The topological polar surface area (TPSA) is 116 Å². The van der Waals surface area contributed by atoms with Crippen LogP contribution in [0.2, 0.25) is 5.15 Å². The average molecular weight is 726 g/mol. The van der Waals surface area contributed by atoms with Gasteiger partial charge in [0.25, 0.3) is 5.91 Å². The smallest absolute Gasteiger partial charge is 0.410 e. The summed E-state index contributed by atoms with van der Waals surface area (Å²) in [6.45, 7) is 13.0. The molecule has 0 radical (unpaired) electrons. The SMILES string of the molecule is Cc1c(SNC(=O)c2ccc(-n3ccc(OCCC4(C(F)(F)F)CC4)n3)nc2Cl)cnn1CCCC1CN(C(=O)OC(C)(C)C)C(C)(C)C1. The van der Waals surface area contributed by atoms with Gasteiger partial charge in [-0.2, -0.15) is 18.3 Å². The molecule has 49 heavy (non-hydrogen) atoms. The van der Waals surface area contributed by atoms with Crippen LogP contribution in [0.3, 0.4) is 0 Å². The summed E-state index contributed by atoms with van der Waals surface area (Å²) in [5.41, 5.74) is -1.37. The van der Waals surface area contributed by atoms with Gasteiger partial charge in [-0.3, -0.25) is 14.2 Å². The van der Waals surface area contributed by atoms with Gasteiger partial charge in [-0.15, -0.1) is 5.10 Å². The summed E-state index contributed by atoms with van der Waals surface area (Å²) in [7, 11) is 0. The largest absolute Gasteiger partial charge is 0.477 e. The van der Waals surface area contributed by atoms with Crippen LogP contribution in [0.1, 0.15) is 89.2 Å². The van der Waals surface area contributed by atoms with Crippen LogP contribution in [-0.2, 0) is 11.3 Å². The summed E-state index contributed by atoms with van der Waals surface area (Å²) >= 11 is 7.49. The molecule has 3 aromatic rings. The van der Waals surface area contributed by atoms with Crippen molar-refractivity contribution < 1.29 is 32.2 Å². The second kappa shape index (κ2) is 14.0. The highest BCUT2D eigenvalue weighted by molar-refractivity contribution is 7.98. The third kappa shape index (κ3) is 8.83. The molecule has 0 spiro atoms. The molecule has 2 aliphatic rings. The van der Waals surface area contributed by atoms with Crippen LogP contribution in [0.5, 0.6) is 5.88 Å². The number of carbonyl (C=O) groups excluding carboxylic acids is 2. The first kappa shape index (κ1) is 36.8. The molecule has 2 fully saturated rings. The lowest BCUT2D eigenvalue weighted by Crippen LogP contribution is -2.45. The first-order chi connectivity index (χ1) is 22.9. The Labute approximate surface area is 293 Å². The van der Waals surface area contributed by atoms with Crippen molar-refractivity contribution in [3.8, 4) is 11.7 Å². The summed E-state index contributed by atoms with van der Waals surface area (Å²) < 4.78 is 56.6. The van der Waals surface area contributed by atoms with Crippen molar-refractivity contribution in [1.29, 1.82) is 0 Å². The minimum atomic E-state index is -4.23. The molecule has 11 nitrogen and oxygen atoms in total. The molecule has 1 N–H and O–H groups in total. The number of nitrogens with one attached hydrogen (secondary N) is 1. The van der Waals surface area contributed by atoms with E-state index in [1.807, 2.05) is 37.3 Å². The van der Waals surface area contributed by atoms with Gasteiger partial charge >= 0.3 is 12.3 Å². The predicted molar refractivity (Wildman–Crippen MR) is 179 cm³/mol. The number of aryl methyl sites for hydroxylation is 1. The van der Waals surface area contributed by atoms with Crippen molar-refractivity contribution in [2.45, 2.75) is 109 Å². The molecule has 1 saturated heterocycles. The summed E-state index contributed by atoms with van der Waals surface area (Å²) in [4.78, 5) is 32.6. The molecule has 1 saturated carbocycles. The zero-order valence-corrected chi connectivity index (χ0v) is 30.1. The Morgan fingerprint density at radius 3 is 2.55 bits per heavy atom. The number of nitrogens with zero attached hydrogens (tertiary/aromatic N) is 6. The molecule has 4 heterocycles. The second-order valence-corrected chi connectivity index (χ2v) is 15.7. The number of aromatic nitrogens is 5. The maximum Gasteiger partial charge on any atom is 0.410 e. The molecule has 2 amide bonds. The fourth-order valence-electron chi connectivity index (χ4n) is 6.07. The van der Waals surface area contributed by atoms with Gasteiger partial charge < -0.3 is 14.4 Å². The van der Waals surface area contributed by atoms with Crippen molar-refractivity contribution in [3.05, 3.63) is 47.0 Å². The molecule has 1 aliphatic carbocycles. The zero-order valence-electron chi connectivity index (χ0n) is 28.6. The van der Waals surface area contributed by atoms with E-state index in [0.717, 1.165) is 41.8 Å². The van der Waals surface area contributed by atoms with Gasteiger partial charge in [0.05, 0.1) is 34.4 Å². The fraction of sp³-hybridized carbons (Fsp3) is 0.606. The lowest BCUT2D eigenvalue weighted by molar-refractivity contribution is -0.190. The third-order valence-electron chi connectivity index (χ3n) is 9.03. The van der Waals surface area contributed by atoms with E-state index in [-0.39, 0.29) is 54.1 Å². The van der Waals surface area contributed by atoms with E-state index in [2.05, 4.69) is 33.8 Å². The first-order valence-electron chi connectivity index (χ1n) is 16.3. The molecule has 1 unspecified atom stereocenters. The third-order valence-corrected chi connectivity index (χ3v) is 10.2. The van der Waals surface area contributed by atoms with Crippen LogP contribution in [0.15, 0.2) is 35.5 Å². The Balaban J connectivity index is 1.08. The van der Waals surface area contributed by atoms with Gasteiger partial charge in [0.15, 0.2) is 5.82 Å². The molecule has 268 valence electrons. The van der Waals surface area contributed by atoms with Gasteiger partial charge in [0.2, 0.25) is 5.88 Å². The van der Waals surface area contributed by atoms with Crippen molar-refractivity contribution in [2.24, 2.45) is 11.3 Å². The number of carbonyl (C=O) groups is 2. The van der Waals surface area contributed by atoms with E-state index in [4.69, 9.17) is 21.1 Å². The van der Waals surface area contributed by atoms with Crippen LogP contribution in [0, 0.1) is 18.3 Å². The van der Waals surface area contributed by atoms with Crippen LogP contribution < -0.4 is 9.46 Å². The number of ether oxygens (including phenoxy) is 2. The van der Waals surface area contributed by atoms with Gasteiger partial charge in [-0.1, -0.05) is 11.6 Å². The summed E-state index contributed by atoms with van der Waals surface area (Å²) in [6.07, 6.45) is 1.62. The Kier molecular flexibility index (Phi) is 10.6. The second-order valence-electron chi connectivity index (χ2n) is 14.4. The van der Waals surface area contributed by atoms with Crippen molar-refractivity contribution in [3.63, 3.8) is 0 Å². The number of rotatable bonds is 12. The molecule has 16 heteroatoms. The Bertz CT molecular complexity index is 1670. The number of halogens is 4. The molecule has 5 rings (SSSR count). The summed E-state index contributed by atoms with van der Waals surface area (Å²) in [5.74, 6) is 0.403. The zero-order chi connectivity index (χ0) is 35.8. The van der Waals surface area contributed by atoms with Crippen LogP contribution in [0.25, 0.3) is 5.82 Å². The Hall–Kier alpha value is -3.46. The monoisotopic (exact) mass is 725 g/mol. The van der Waals surface area contributed by atoms with Crippen LogP contribution in [-0.4, -0.2) is 71.9 Å². The summed E-state index contributed by atoms with van der Waals surface area (Å²) in [6, 6.07) is 4.61. The van der Waals surface area contributed by atoms with Gasteiger partial charge in [-0.05, 0) is 110 Å². The molecular weight excluding hydrogens is 683 g/mol. The number of alkyl halides is 3.